The van der Waals surface area contributed by atoms with Gasteiger partial charge < -0.3 is 25.4 Å². The number of rotatable bonds is 9. The SMILES string of the molecule is COC(=O)c1ccc2c(c1)nc(NCCCNC(=O)CCNC(=O)OC(C)(C)C)c1ccncc12. The van der Waals surface area contributed by atoms with E-state index in [1.165, 1.54) is 7.11 Å². The fourth-order valence-corrected chi connectivity index (χ4v) is 3.43. The van der Waals surface area contributed by atoms with Crippen molar-refractivity contribution in [1.82, 2.24) is 20.6 Å². The Balaban J connectivity index is 1.53. The number of benzene rings is 1. The third kappa shape index (κ3) is 7.26. The summed E-state index contributed by atoms with van der Waals surface area (Å²) in [6.07, 6.45) is 3.76. The molecule has 2 amide bonds. The molecule has 0 aliphatic rings. The van der Waals surface area contributed by atoms with E-state index in [1.54, 1.807) is 45.3 Å². The maximum Gasteiger partial charge on any atom is 0.407 e. The summed E-state index contributed by atoms with van der Waals surface area (Å²) >= 11 is 0. The second kappa shape index (κ2) is 11.5. The van der Waals surface area contributed by atoms with Crippen LogP contribution in [0.5, 0.6) is 0 Å². The van der Waals surface area contributed by atoms with Crippen molar-refractivity contribution in [3.8, 4) is 0 Å². The molecule has 3 rings (SSSR count). The summed E-state index contributed by atoms with van der Waals surface area (Å²) in [5.74, 6) is 0.0908. The number of esters is 1. The van der Waals surface area contributed by atoms with Crippen LogP contribution in [-0.2, 0) is 14.3 Å². The van der Waals surface area contributed by atoms with Gasteiger partial charge in [0, 0.05) is 54.6 Å². The molecule has 10 nitrogen and oxygen atoms in total. The Bertz CT molecular complexity index is 1220. The van der Waals surface area contributed by atoms with Gasteiger partial charge in [-0.25, -0.2) is 14.6 Å². The number of hydrogen-bond acceptors (Lipinski definition) is 8. The predicted molar refractivity (Wildman–Crippen MR) is 133 cm³/mol. The first kappa shape index (κ1) is 25.7. The molecule has 186 valence electrons. The number of carbonyl (C=O) groups excluding carboxylic acids is 3. The number of aromatic nitrogens is 2. The van der Waals surface area contributed by atoms with E-state index in [1.807, 2.05) is 12.1 Å². The average Bonchev–Trinajstić information content (AvgIpc) is 2.81. The topological polar surface area (TPSA) is 132 Å². The number of hydrogen-bond donors (Lipinski definition) is 3. The number of ether oxygens (including phenoxy) is 2. The van der Waals surface area contributed by atoms with E-state index in [0.29, 0.717) is 36.4 Å². The number of pyridine rings is 2. The number of fused-ring (bicyclic) bond motifs is 3. The van der Waals surface area contributed by atoms with Crippen molar-refractivity contribution in [2.45, 2.75) is 39.2 Å². The number of carbonyl (C=O) groups is 3. The van der Waals surface area contributed by atoms with Crippen LogP contribution in [0.15, 0.2) is 36.7 Å². The highest BCUT2D eigenvalue weighted by atomic mass is 16.6. The minimum absolute atomic E-state index is 0.156. The molecule has 0 aliphatic heterocycles. The van der Waals surface area contributed by atoms with Crippen LogP contribution in [0.25, 0.3) is 21.7 Å². The van der Waals surface area contributed by atoms with E-state index < -0.39 is 17.7 Å². The van der Waals surface area contributed by atoms with Gasteiger partial charge in [-0.2, -0.15) is 0 Å². The number of amides is 2. The highest BCUT2D eigenvalue weighted by Gasteiger charge is 2.16. The highest BCUT2D eigenvalue weighted by Crippen LogP contribution is 2.29. The van der Waals surface area contributed by atoms with Crippen molar-refractivity contribution in [3.05, 3.63) is 42.2 Å². The molecule has 0 atom stereocenters. The van der Waals surface area contributed by atoms with Gasteiger partial charge in [-0.05, 0) is 45.4 Å². The monoisotopic (exact) mass is 481 g/mol. The van der Waals surface area contributed by atoms with Crippen LogP contribution in [0, 0.1) is 0 Å². The lowest BCUT2D eigenvalue weighted by atomic mass is 10.1. The van der Waals surface area contributed by atoms with Crippen LogP contribution < -0.4 is 16.0 Å². The van der Waals surface area contributed by atoms with E-state index >= 15 is 0 Å². The zero-order valence-electron chi connectivity index (χ0n) is 20.4. The van der Waals surface area contributed by atoms with E-state index in [-0.39, 0.29) is 18.9 Å². The number of anilines is 1. The summed E-state index contributed by atoms with van der Waals surface area (Å²) < 4.78 is 9.95. The summed E-state index contributed by atoms with van der Waals surface area (Å²) in [4.78, 5) is 44.5. The van der Waals surface area contributed by atoms with Gasteiger partial charge in [-0.1, -0.05) is 6.07 Å². The van der Waals surface area contributed by atoms with Gasteiger partial charge in [-0.15, -0.1) is 0 Å². The molecule has 3 N–H and O–H groups in total. The third-order valence-electron chi connectivity index (χ3n) is 5.01. The van der Waals surface area contributed by atoms with Gasteiger partial charge in [-0.3, -0.25) is 9.78 Å². The molecule has 0 aliphatic carbocycles. The van der Waals surface area contributed by atoms with Gasteiger partial charge in [0.15, 0.2) is 0 Å². The fourth-order valence-electron chi connectivity index (χ4n) is 3.43. The summed E-state index contributed by atoms with van der Waals surface area (Å²) in [7, 11) is 1.34. The number of alkyl carbamates (subject to hydrolysis) is 1. The lowest BCUT2D eigenvalue weighted by Gasteiger charge is -2.19. The molecule has 1 aromatic carbocycles. The van der Waals surface area contributed by atoms with E-state index in [4.69, 9.17) is 14.5 Å². The molecule has 0 radical (unpaired) electrons. The molecule has 0 saturated carbocycles. The van der Waals surface area contributed by atoms with Gasteiger partial charge in [0.1, 0.15) is 11.4 Å². The summed E-state index contributed by atoms with van der Waals surface area (Å²) in [5, 5.41) is 11.4. The van der Waals surface area contributed by atoms with Gasteiger partial charge in [0.05, 0.1) is 18.2 Å². The molecule has 10 heteroatoms. The van der Waals surface area contributed by atoms with Crippen LogP contribution in [0.4, 0.5) is 10.6 Å². The lowest BCUT2D eigenvalue weighted by molar-refractivity contribution is -0.120. The number of methoxy groups -OCH3 is 1. The van der Waals surface area contributed by atoms with Crippen LogP contribution in [-0.4, -0.2) is 60.3 Å². The normalized spacial score (nSPS) is 11.2. The van der Waals surface area contributed by atoms with Crippen LogP contribution >= 0.6 is 0 Å². The highest BCUT2D eigenvalue weighted by molar-refractivity contribution is 6.10. The predicted octanol–water partition coefficient (Wildman–Crippen LogP) is 3.40. The van der Waals surface area contributed by atoms with Crippen molar-refractivity contribution in [2.75, 3.05) is 32.1 Å². The standard InChI is InChI=1S/C25H31N5O5/c1-25(2,3)35-24(33)29-13-9-21(31)27-10-5-11-28-22-18-8-12-26-15-19(18)17-7-6-16(23(32)34-4)14-20(17)30-22/h6-8,12,14-15H,5,9-11,13H2,1-4H3,(H,27,31)(H,28,30)(H,29,33). The van der Waals surface area contributed by atoms with Crippen molar-refractivity contribution >= 4 is 45.5 Å². The van der Waals surface area contributed by atoms with Crippen LogP contribution in [0.3, 0.4) is 0 Å². The lowest BCUT2D eigenvalue weighted by Crippen LogP contribution is -2.35. The van der Waals surface area contributed by atoms with Crippen molar-refractivity contribution in [1.29, 1.82) is 0 Å². The molecule has 2 aromatic heterocycles. The Morgan fingerprint density at radius 3 is 2.51 bits per heavy atom. The Kier molecular flexibility index (Phi) is 8.40. The maximum absolute atomic E-state index is 12.0. The molecule has 2 heterocycles. The smallest absolute Gasteiger partial charge is 0.407 e. The Hall–Kier alpha value is -3.95. The first-order valence-electron chi connectivity index (χ1n) is 11.4. The second-order valence-electron chi connectivity index (χ2n) is 8.91. The Morgan fingerprint density at radius 1 is 0.971 bits per heavy atom. The molecule has 35 heavy (non-hydrogen) atoms. The molecule has 3 aromatic rings. The first-order chi connectivity index (χ1) is 16.7. The van der Waals surface area contributed by atoms with Crippen LogP contribution in [0.1, 0.15) is 44.0 Å². The fraction of sp³-hybridized carbons (Fsp3) is 0.400. The first-order valence-corrected chi connectivity index (χ1v) is 11.4. The van der Waals surface area contributed by atoms with Crippen LogP contribution in [0.2, 0.25) is 0 Å². The molecule has 0 fully saturated rings. The van der Waals surface area contributed by atoms with Crippen molar-refractivity contribution in [2.24, 2.45) is 0 Å². The molecule has 0 bridgehead atoms. The second-order valence-corrected chi connectivity index (χ2v) is 8.91. The van der Waals surface area contributed by atoms with Gasteiger partial charge in [0.2, 0.25) is 5.91 Å². The van der Waals surface area contributed by atoms with E-state index in [9.17, 15) is 14.4 Å². The quantitative estimate of drug-likeness (QED) is 0.241. The van der Waals surface area contributed by atoms with Gasteiger partial charge >= 0.3 is 12.1 Å². The Labute approximate surface area is 203 Å². The van der Waals surface area contributed by atoms with Gasteiger partial charge in [0.25, 0.3) is 0 Å². The molecule has 0 spiro atoms. The summed E-state index contributed by atoms with van der Waals surface area (Å²) in [5.41, 5.74) is 0.498. The molecular weight excluding hydrogens is 450 g/mol. The minimum atomic E-state index is -0.579. The van der Waals surface area contributed by atoms with E-state index in [0.717, 1.165) is 16.2 Å². The van der Waals surface area contributed by atoms with E-state index in [2.05, 4.69) is 20.9 Å². The average molecular weight is 482 g/mol. The maximum atomic E-state index is 12.0. The molecule has 0 saturated heterocycles. The molecular formula is C25H31N5O5. The summed E-state index contributed by atoms with van der Waals surface area (Å²) in [6, 6.07) is 7.14. The van der Waals surface area contributed by atoms with Crippen molar-refractivity contribution in [3.63, 3.8) is 0 Å². The number of nitrogens with zero attached hydrogens (tertiary/aromatic N) is 2. The largest absolute Gasteiger partial charge is 0.465 e. The summed E-state index contributed by atoms with van der Waals surface area (Å²) in [6.45, 7) is 6.58. The molecule has 0 unspecified atom stereocenters. The van der Waals surface area contributed by atoms with Crippen molar-refractivity contribution < 1.29 is 23.9 Å². The number of nitrogens with one attached hydrogen (secondary N) is 3. The zero-order valence-corrected chi connectivity index (χ0v) is 20.4. The zero-order chi connectivity index (χ0) is 25.4. The Morgan fingerprint density at radius 2 is 1.77 bits per heavy atom. The minimum Gasteiger partial charge on any atom is -0.465 e. The third-order valence-corrected chi connectivity index (χ3v) is 5.01.